The number of carbonyl (C=O) groups is 1. The molecule has 1 aliphatic rings. The normalized spacial score (nSPS) is 24.1. The SMILES string of the molecule is Cc1cccc2c1OCC(C(=O)O)C2N. The van der Waals surface area contributed by atoms with E-state index in [1.54, 1.807) is 0 Å². The van der Waals surface area contributed by atoms with E-state index >= 15 is 0 Å². The third-order valence-corrected chi connectivity index (χ3v) is 2.76. The summed E-state index contributed by atoms with van der Waals surface area (Å²) < 4.78 is 5.44. The smallest absolute Gasteiger partial charge is 0.311 e. The molecule has 4 nitrogen and oxygen atoms in total. The number of hydrogen-bond donors (Lipinski definition) is 2. The lowest BCUT2D eigenvalue weighted by Gasteiger charge is -2.29. The number of carboxylic acids is 1. The third kappa shape index (κ3) is 1.57. The summed E-state index contributed by atoms with van der Waals surface area (Å²) in [6.45, 7) is 2.07. The van der Waals surface area contributed by atoms with Gasteiger partial charge in [-0.2, -0.15) is 0 Å². The molecule has 0 aromatic heterocycles. The number of aliphatic carboxylic acids is 1. The van der Waals surface area contributed by atoms with Crippen molar-refractivity contribution in [1.29, 1.82) is 0 Å². The van der Waals surface area contributed by atoms with Gasteiger partial charge in [-0.15, -0.1) is 0 Å². The van der Waals surface area contributed by atoms with Gasteiger partial charge in [-0.25, -0.2) is 0 Å². The van der Waals surface area contributed by atoms with E-state index in [1.807, 2.05) is 25.1 Å². The lowest BCUT2D eigenvalue weighted by Crippen LogP contribution is -2.36. The van der Waals surface area contributed by atoms with E-state index in [1.165, 1.54) is 0 Å². The molecule has 1 aromatic rings. The number of carboxylic acid groups (broad SMARTS) is 1. The van der Waals surface area contributed by atoms with Crippen LogP contribution >= 0.6 is 0 Å². The van der Waals surface area contributed by atoms with E-state index in [0.29, 0.717) is 0 Å². The first-order chi connectivity index (χ1) is 7.11. The second-order valence-corrected chi connectivity index (χ2v) is 3.77. The molecule has 2 atom stereocenters. The van der Waals surface area contributed by atoms with E-state index in [4.69, 9.17) is 15.6 Å². The summed E-state index contributed by atoms with van der Waals surface area (Å²) in [7, 11) is 0. The fourth-order valence-corrected chi connectivity index (χ4v) is 1.85. The van der Waals surface area contributed by atoms with E-state index in [2.05, 4.69) is 0 Å². The monoisotopic (exact) mass is 207 g/mol. The zero-order chi connectivity index (χ0) is 11.0. The van der Waals surface area contributed by atoms with Crippen molar-refractivity contribution < 1.29 is 14.6 Å². The summed E-state index contributed by atoms with van der Waals surface area (Å²) in [5, 5.41) is 8.94. The van der Waals surface area contributed by atoms with Crippen molar-refractivity contribution in [1.82, 2.24) is 0 Å². The van der Waals surface area contributed by atoms with Crippen LogP contribution in [0, 0.1) is 12.8 Å². The summed E-state index contributed by atoms with van der Waals surface area (Å²) in [6.07, 6.45) is 0. The molecule has 80 valence electrons. The number of fused-ring (bicyclic) bond motifs is 1. The maximum atomic E-state index is 10.9. The molecule has 0 saturated heterocycles. The Morgan fingerprint density at radius 3 is 3.00 bits per heavy atom. The molecule has 15 heavy (non-hydrogen) atoms. The molecule has 1 aromatic carbocycles. The van der Waals surface area contributed by atoms with Crippen molar-refractivity contribution in [2.45, 2.75) is 13.0 Å². The number of benzene rings is 1. The molecule has 1 heterocycles. The molecule has 4 heteroatoms. The predicted molar refractivity (Wildman–Crippen MR) is 54.7 cm³/mol. The molecule has 2 rings (SSSR count). The molecule has 0 aliphatic carbocycles. The van der Waals surface area contributed by atoms with E-state index in [-0.39, 0.29) is 6.61 Å². The van der Waals surface area contributed by atoms with Gasteiger partial charge in [-0.1, -0.05) is 18.2 Å². The van der Waals surface area contributed by atoms with Crippen LogP contribution in [0.5, 0.6) is 5.75 Å². The number of aryl methyl sites for hydroxylation is 1. The lowest BCUT2D eigenvalue weighted by molar-refractivity contribution is -0.144. The highest BCUT2D eigenvalue weighted by Crippen LogP contribution is 2.36. The van der Waals surface area contributed by atoms with Crippen LogP contribution in [-0.4, -0.2) is 17.7 Å². The first-order valence-electron chi connectivity index (χ1n) is 4.82. The Kier molecular flexibility index (Phi) is 2.36. The summed E-state index contributed by atoms with van der Waals surface area (Å²) in [4.78, 5) is 10.9. The predicted octanol–water partition coefficient (Wildman–Crippen LogP) is 1.09. The zero-order valence-corrected chi connectivity index (χ0v) is 8.43. The molecular formula is C11H13NO3. The molecule has 0 spiro atoms. The largest absolute Gasteiger partial charge is 0.492 e. The van der Waals surface area contributed by atoms with Crippen molar-refractivity contribution in [3.63, 3.8) is 0 Å². The second-order valence-electron chi connectivity index (χ2n) is 3.77. The highest BCUT2D eigenvalue weighted by Gasteiger charge is 2.33. The van der Waals surface area contributed by atoms with Gasteiger partial charge in [0.2, 0.25) is 0 Å². The van der Waals surface area contributed by atoms with Gasteiger partial charge in [0.1, 0.15) is 18.3 Å². The zero-order valence-electron chi connectivity index (χ0n) is 8.43. The van der Waals surface area contributed by atoms with Gasteiger partial charge < -0.3 is 15.6 Å². The van der Waals surface area contributed by atoms with Crippen LogP contribution in [0.4, 0.5) is 0 Å². The average Bonchev–Trinajstić information content (AvgIpc) is 2.19. The summed E-state index contributed by atoms with van der Waals surface area (Å²) in [5.41, 5.74) is 7.68. The number of rotatable bonds is 1. The maximum absolute atomic E-state index is 10.9. The van der Waals surface area contributed by atoms with Gasteiger partial charge in [-0.05, 0) is 12.5 Å². The van der Waals surface area contributed by atoms with Crippen LogP contribution in [0.25, 0.3) is 0 Å². The Balaban J connectivity index is 2.42. The second kappa shape index (κ2) is 3.55. The highest BCUT2D eigenvalue weighted by molar-refractivity contribution is 5.72. The van der Waals surface area contributed by atoms with Gasteiger partial charge in [0.15, 0.2) is 0 Å². The quantitative estimate of drug-likeness (QED) is 0.723. The first kappa shape index (κ1) is 9.98. The molecule has 0 fully saturated rings. The van der Waals surface area contributed by atoms with Crippen molar-refractivity contribution in [3.05, 3.63) is 29.3 Å². The number of nitrogens with two attached hydrogens (primary N) is 1. The molecular weight excluding hydrogens is 194 g/mol. The number of hydrogen-bond acceptors (Lipinski definition) is 3. The van der Waals surface area contributed by atoms with Gasteiger partial charge in [0, 0.05) is 11.6 Å². The van der Waals surface area contributed by atoms with Gasteiger partial charge in [-0.3, -0.25) is 4.79 Å². The average molecular weight is 207 g/mol. The van der Waals surface area contributed by atoms with Crippen molar-refractivity contribution in [2.75, 3.05) is 6.61 Å². The Bertz CT molecular complexity index is 403. The fourth-order valence-electron chi connectivity index (χ4n) is 1.85. The molecule has 0 bridgehead atoms. The van der Waals surface area contributed by atoms with Gasteiger partial charge in [0.25, 0.3) is 0 Å². The summed E-state index contributed by atoms with van der Waals surface area (Å²) in [5.74, 6) is -0.823. The van der Waals surface area contributed by atoms with E-state index in [0.717, 1.165) is 16.9 Å². The van der Waals surface area contributed by atoms with Crippen LogP contribution in [0.1, 0.15) is 17.2 Å². The van der Waals surface area contributed by atoms with Crippen molar-refractivity contribution >= 4 is 5.97 Å². The maximum Gasteiger partial charge on any atom is 0.311 e. The molecule has 0 saturated carbocycles. The van der Waals surface area contributed by atoms with Gasteiger partial charge >= 0.3 is 5.97 Å². The standard InChI is InChI=1S/C11H13NO3/c1-6-3-2-4-7-9(12)8(11(13)14)5-15-10(6)7/h2-4,8-9H,5,12H2,1H3,(H,13,14). The topological polar surface area (TPSA) is 72.5 Å². The minimum absolute atomic E-state index is 0.147. The fraction of sp³-hybridized carbons (Fsp3) is 0.364. The molecule has 1 aliphatic heterocycles. The first-order valence-corrected chi connectivity index (χ1v) is 4.82. The van der Waals surface area contributed by atoms with Crippen LogP contribution in [0.15, 0.2) is 18.2 Å². The summed E-state index contributed by atoms with van der Waals surface area (Å²) >= 11 is 0. The molecule has 2 unspecified atom stereocenters. The number of ether oxygens (including phenoxy) is 1. The van der Waals surface area contributed by atoms with E-state index in [9.17, 15) is 4.79 Å². The van der Waals surface area contributed by atoms with E-state index < -0.39 is 17.9 Å². The Morgan fingerprint density at radius 1 is 1.60 bits per heavy atom. The number of para-hydroxylation sites is 1. The van der Waals surface area contributed by atoms with Crippen molar-refractivity contribution in [2.24, 2.45) is 11.7 Å². The highest BCUT2D eigenvalue weighted by atomic mass is 16.5. The Hall–Kier alpha value is -1.55. The lowest BCUT2D eigenvalue weighted by atomic mass is 9.90. The van der Waals surface area contributed by atoms with Gasteiger partial charge in [0.05, 0.1) is 0 Å². The van der Waals surface area contributed by atoms with Crippen LogP contribution in [-0.2, 0) is 4.79 Å². The van der Waals surface area contributed by atoms with Crippen molar-refractivity contribution in [3.8, 4) is 5.75 Å². The van der Waals surface area contributed by atoms with Crippen LogP contribution in [0.2, 0.25) is 0 Å². The molecule has 3 N–H and O–H groups in total. The summed E-state index contributed by atoms with van der Waals surface area (Å²) in [6, 6.07) is 5.13. The molecule has 0 radical (unpaired) electrons. The molecule has 0 amide bonds. The van der Waals surface area contributed by atoms with Crippen LogP contribution in [0.3, 0.4) is 0 Å². The Morgan fingerprint density at radius 2 is 2.33 bits per heavy atom. The minimum atomic E-state index is -0.908. The Labute approximate surface area is 87.7 Å². The minimum Gasteiger partial charge on any atom is -0.492 e. The third-order valence-electron chi connectivity index (χ3n) is 2.76. The van der Waals surface area contributed by atoms with Crippen LogP contribution < -0.4 is 10.5 Å².